The molecule has 0 bridgehead atoms. The van der Waals surface area contributed by atoms with Crippen LogP contribution in [0.3, 0.4) is 0 Å². The molecule has 1 aliphatic rings. The van der Waals surface area contributed by atoms with Gasteiger partial charge in [-0.3, -0.25) is 4.79 Å². The summed E-state index contributed by atoms with van der Waals surface area (Å²) >= 11 is 0. The van der Waals surface area contributed by atoms with Crippen molar-refractivity contribution < 1.29 is 13.2 Å². The van der Waals surface area contributed by atoms with E-state index >= 15 is 0 Å². The van der Waals surface area contributed by atoms with Crippen LogP contribution in [0.1, 0.15) is 27.2 Å². The molecule has 0 saturated carbocycles. The van der Waals surface area contributed by atoms with Crippen molar-refractivity contribution in [3.05, 3.63) is 107 Å². The number of carbonyl (C=O) groups is 1. The molecule has 0 radical (unpaired) electrons. The molecule has 3 aromatic carbocycles. The van der Waals surface area contributed by atoms with Crippen LogP contribution in [0.5, 0.6) is 0 Å². The van der Waals surface area contributed by atoms with Crippen molar-refractivity contribution in [1.82, 2.24) is 9.97 Å². The maximum atomic E-state index is 12.7. The third-order valence-electron chi connectivity index (χ3n) is 6.02. The van der Waals surface area contributed by atoms with Crippen LogP contribution in [0, 0.1) is 6.92 Å². The first-order valence-corrected chi connectivity index (χ1v) is 13.0. The van der Waals surface area contributed by atoms with Crippen LogP contribution in [0.25, 0.3) is 0 Å². The van der Waals surface area contributed by atoms with Gasteiger partial charge in [0.25, 0.3) is 15.9 Å². The van der Waals surface area contributed by atoms with Crippen LogP contribution < -0.4 is 14.9 Å². The van der Waals surface area contributed by atoms with Gasteiger partial charge < -0.3 is 10.2 Å². The summed E-state index contributed by atoms with van der Waals surface area (Å²) in [5.41, 5.74) is 5.43. The molecule has 2 N–H and O–H groups in total. The molecule has 2 heterocycles. The molecule has 0 spiro atoms. The van der Waals surface area contributed by atoms with E-state index in [-0.39, 0.29) is 16.8 Å². The molecule has 182 valence electrons. The van der Waals surface area contributed by atoms with E-state index in [1.165, 1.54) is 29.6 Å². The molecule has 0 fully saturated rings. The third-order valence-corrected chi connectivity index (χ3v) is 7.36. The van der Waals surface area contributed by atoms with E-state index < -0.39 is 10.0 Å². The second-order valence-corrected chi connectivity index (χ2v) is 10.3. The average molecular weight is 500 g/mol. The number of carbonyl (C=O) groups excluding carboxylic acids is 1. The van der Waals surface area contributed by atoms with Gasteiger partial charge in [-0.15, -0.1) is 0 Å². The van der Waals surface area contributed by atoms with E-state index in [9.17, 15) is 13.2 Å². The number of nitrogens with one attached hydrogen (secondary N) is 2. The minimum Gasteiger partial charge on any atom is -0.367 e. The van der Waals surface area contributed by atoms with Gasteiger partial charge in [-0.05, 0) is 73.0 Å². The normalized spacial score (nSPS) is 12.8. The monoisotopic (exact) mass is 499 g/mol. The lowest BCUT2D eigenvalue weighted by molar-refractivity contribution is 0.102. The molecule has 1 amide bonds. The maximum Gasteiger partial charge on any atom is 0.264 e. The lowest BCUT2D eigenvalue weighted by atomic mass is 10.1. The number of para-hydroxylation sites is 1. The molecular formula is C27H25N5O3S. The molecule has 0 aliphatic carbocycles. The highest BCUT2D eigenvalue weighted by Gasteiger charge is 2.19. The molecule has 1 aliphatic heterocycles. The standard InChI is InChI=1S/C27H25N5O3S/c1-19-14-16-28-27(29-19)31-36(34,35)24-12-10-23(11-13-24)30-26(33)22-8-6-20(7-9-22)18-32-17-15-21-4-2-3-5-25(21)32/h2-14,16H,15,17-18H2,1H3,(H,30,33)(H,28,29,31). The largest absolute Gasteiger partial charge is 0.367 e. The fourth-order valence-electron chi connectivity index (χ4n) is 4.15. The van der Waals surface area contributed by atoms with Gasteiger partial charge in [0.05, 0.1) is 4.90 Å². The fraction of sp³-hybridized carbons (Fsp3) is 0.148. The maximum absolute atomic E-state index is 12.7. The van der Waals surface area contributed by atoms with E-state index in [1.807, 2.05) is 12.1 Å². The van der Waals surface area contributed by atoms with Crippen molar-refractivity contribution in [1.29, 1.82) is 0 Å². The Balaban J connectivity index is 1.21. The number of sulfonamides is 1. The van der Waals surface area contributed by atoms with Crippen LogP contribution >= 0.6 is 0 Å². The molecule has 0 atom stereocenters. The number of amides is 1. The molecule has 9 heteroatoms. The van der Waals surface area contributed by atoms with E-state index in [4.69, 9.17) is 0 Å². The molecule has 36 heavy (non-hydrogen) atoms. The Hall–Kier alpha value is -4.24. The van der Waals surface area contributed by atoms with E-state index in [1.54, 1.807) is 37.3 Å². The van der Waals surface area contributed by atoms with Gasteiger partial charge in [-0.25, -0.2) is 23.1 Å². The first-order valence-electron chi connectivity index (χ1n) is 11.5. The number of rotatable bonds is 7. The van der Waals surface area contributed by atoms with Crippen molar-refractivity contribution in [2.75, 3.05) is 21.5 Å². The van der Waals surface area contributed by atoms with Gasteiger partial charge in [0, 0.05) is 41.9 Å². The van der Waals surface area contributed by atoms with Crippen LogP contribution in [-0.2, 0) is 23.0 Å². The van der Waals surface area contributed by atoms with Crippen LogP contribution in [0.2, 0.25) is 0 Å². The van der Waals surface area contributed by atoms with Gasteiger partial charge in [0.2, 0.25) is 5.95 Å². The summed E-state index contributed by atoms with van der Waals surface area (Å²) in [4.78, 5) is 23.1. The Labute approximate surface area is 210 Å². The van der Waals surface area contributed by atoms with Gasteiger partial charge in [-0.1, -0.05) is 30.3 Å². The minimum atomic E-state index is -3.85. The highest BCUT2D eigenvalue weighted by molar-refractivity contribution is 7.92. The second-order valence-electron chi connectivity index (χ2n) is 8.60. The predicted octanol–water partition coefficient (Wildman–Crippen LogP) is 4.40. The van der Waals surface area contributed by atoms with E-state index in [0.29, 0.717) is 16.9 Å². The molecule has 8 nitrogen and oxygen atoms in total. The first kappa shape index (κ1) is 23.5. The molecular weight excluding hydrogens is 474 g/mol. The molecule has 1 aromatic heterocycles. The highest BCUT2D eigenvalue weighted by atomic mass is 32.2. The minimum absolute atomic E-state index is 0.00441. The quantitative estimate of drug-likeness (QED) is 0.391. The summed E-state index contributed by atoms with van der Waals surface area (Å²) in [6, 6.07) is 23.6. The van der Waals surface area contributed by atoms with Gasteiger partial charge in [0.15, 0.2) is 0 Å². The van der Waals surface area contributed by atoms with Crippen LogP contribution in [0.15, 0.2) is 90.0 Å². The van der Waals surface area contributed by atoms with Gasteiger partial charge in [0.1, 0.15) is 0 Å². The number of benzene rings is 3. The average Bonchev–Trinajstić information content (AvgIpc) is 3.27. The smallest absolute Gasteiger partial charge is 0.264 e. The number of aromatic nitrogens is 2. The summed E-state index contributed by atoms with van der Waals surface area (Å²) < 4.78 is 27.6. The Morgan fingerprint density at radius 3 is 2.47 bits per heavy atom. The number of fused-ring (bicyclic) bond motifs is 1. The lowest BCUT2D eigenvalue weighted by Crippen LogP contribution is -2.19. The second kappa shape index (κ2) is 9.79. The summed E-state index contributed by atoms with van der Waals surface area (Å²) in [5.74, 6) is -0.264. The van der Waals surface area contributed by atoms with Gasteiger partial charge in [-0.2, -0.15) is 0 Å². The molecule has 4 aromatic rings. The Kier molecular flexibility index (Phi) is 6.39. The number of hydrogen-bond donors (Lipinski definition) is 2. The lowest BCUT2D eigenvalue weighted by Gasteiger charge is -2.19. The van der Waals surface area contributed by atoms with Crippen molar-refractivity contribution in [3.63, 3.8) is 0 Å². The zero-order valence-corrected chi connectivity index (χ0v) is 20.5. The zero-order chi connectivity index (χ0) is 25.1. The Bertz CT molecular complexity index is 1500. The van der Waals surface area contributed by atoms with Crippen molar-refractivity contribution in [2.24, 2.45) is 0 Å². The SMILES string of the molecule is Cc1ccnc(NS(=O)(=O)c2ccc(NC(=O)c3ccc(CN4CCc5ccccc54)cc3)cc2)n1. The fourth-order valence-corrected chi connectivity index (χ4v) is 5.10. The zero-order valence-electron chi connectivity index (χ0n) is 19.7. The summed E-state index contributed by atoms with van der Waals surface area (Å²) in [5, 5.41) is 2.81. The van der Waals surface area contributed by atoms with E-state index in [0.717, 1.165) is 25.1 Å². The third kappa shape index (κ3) is 5.21. The van der Waals surface area contributed by atoms with Crippen molar-refractivity contribution in [3.8, 4) is 0 Å². The van der Waals surface area contributed by atoms with E-state index in [2.05, 4.69) is 49.2 Å². The first-order chi connectivity index (χ1) is 17.4. The molecule has 0 saturated heterocycles. The van der Waals surface area contributed by atoms with Crippen molar-refractivity contribution in [2.45, 2.75) is 24.8 Å². The predicted molar refractivity (Wildman–Crippen MR) is 140 cm³/mol. The number of hydrogen-bond acceptors (Lipinski definition) is 6. The van der Waals surface area contributed by atoms with Crippen molar-refractivity contribution >= 4 is 33.3 Å². The summed E-state index contributed by atoms with van der Waals surface area (Å²) in [7, 11) is -3.85. The van der Waals surface area contributed by atoms with Crippen LogP contribution in [0.4, 0.5) is 17.3 Å². The summed E-state index contributed by atoms with van der Waals surface area (Å²) in [6.07, 6.45) is 2.53. The number of anilines is 3. The Morgan fingerprint density at radius 2 is 1.72 bits per heavy atom. The highest BCUT2D eigenvalue weighted by Crippen LogP contribution is 2.29. The summed E-state index contributed by atoms with van der Waals surface area (Å²) in [6.45, 7) is 3.52. The molecule has 5 rings (SSSR count). The molecule has 0 unspecified atom stereocenters. The Morgan fingerprint density at radius 1 is 0.972 bits per heavy atom. The van der Waals surface area contributed by atoms with Crippen LogP contribution in [-0.4, -0.2) is 30.8 Å². The van der Waals surface area contributed by atoms with Gasteiger partial charge >= 0.3 is 0 Å². The topological polar surface area (TPSA) is 104 Å². The number of aryl methyl sites for hydroxylation is 1. The number of nitrogens with zero attached hydrogens (tertiary/aromatic N) is 3.